The lowest BCUT2D eigenvalue weighted by Crippen LogP contribution is -2.33. The van der Waals surface area contributed by atoms with E-state index in [1.807, 2.05) is 0 Å². The van der Waals surface area contributed by atoms with Gasteiger partial charge in [0.1, 0.15) is 0 Å². The SMILES string of the molecule is O=C1c2ccccc2C(=O)N1CC(F)c1ncc(Br)cc1Cl. The molecular formula is C15H9BrClFN2O2. The molecule has 2 heterocycles. The molecule has 1 atom stereocenters. The van der Waals surface area contributed by atoms with Gasteiger partial charge in [-0.25, -0.2) is 4.39 Å². The maximum absolute atomic E-state index is 14.4. The molecule has 0 saturated carbocycles. The quantitative estimate of drug-likeness (QED) is 0.758. The highest BCUT2D eigenvalue weighted by molar-refractivity contribution is 9.10. The Balaban J connectivity index is 1.85. The predicted molar refractivity (Wildman–Crippen MR) is 82.6 cm³/mol. The van der Waals surface area contributed by atoms with Gasteiger partial charge < -0.3 is 0 Å². The van der Waals surface area contributed by atoms with Gasteiger partial charge in [-0.2, -0.15) is 0 Å². The molecule has 22 heavy (non-hydrogen) atoms. The summed E-state index contributed by atoms with van der Waals surface area (Å²) in [6, 6.07) is 7.93. The number of aromatic nitrogens is 1. The smallest absolute Gasteiger partial charge is 0.261 e. The summed E-state index contributed by atoms with van der Waals surface area (Å²) >= 11 is 9.14. The molecule has 112 valence electrons. The second-order valence-corrected chi connectivity index (χ2v) is 6.08. The first-order valence-corrected chi connectivity index (χ1v) is 7.56. The van der Waals surface area contributed by atoms with Crippen LogP contribution in [-0.4, -0.2) is 28.2 Å². The molecule has 0 bridgehead atoms. The van der Waals surface area contributed by atoms with Crippen LogP contribution in [0, 0.1) is 0 Å². The number of hydrogen-bond acceptors (Lipinski definition) is 3. The third kappa shape index (κ3) is 2.53. The lowest BCUT2D eigenvalue weighted by Gasteiger charge is -2.17. The van der Waals surface area contributed by atoms with E-state index in [2.05, 4.69) is 20.9 Å². The van der Waals surface area contributed by atoms with Gasteiger partial charge in [0.05, 0.1) is 28.4 Å². The fourth-order valence-corrected chi connectivity index (χ4v) is 3.06. The van der Waals surface area contributed by atoms with E-state index < -0.39 is 24.5 Å². The van der Waals surface area contributed by atoms with Gasteiger partial charge in [0, 0.05) is 10.7 Å². The highest BCUT2D eigenvalue weighted by Crippen LogP contribution is 2.30. The van der Waals surface area contributed by atoms with E-state index in [1.54, 1.807) is 24.3 Å². The standard InChI is InChI=1S/C15H9BrClFN2O2/c16-8-5-11(17)13(19-6-8)12(18)7-20-14(21)9-3-1-2-4-10(9)15(20)22/h1-6,12H,7H2. The van der Waals surface area contributed by atoms with Crippen molar-refractivity contribution in [3.63, 3.8) is 0 Å². The zero-order valence-electron chi connectivity index (χ0n) is 11.1. The van der Waals surface area contributed by atoms with Crippen molar-refractivity contribution in [1.82, 2.24) is 9.88 Å². The Morgan fingerprint density at radius 2 is 1.82 bits per heavy atom. The Labute approximate surface area is 139 Å². The van der Waals surface area contributed by atoms with E-state index in [-0.39, 0.29) is 21.8 Å². The number of hydrogen-bond donors (Lipinski definition) is 0. The summed E-state index contributed by atoms with van der Waals surface area (Å²) in [4.78, 5) is 29.2. The van der Waals surface area contributed by atoms with Crippen LogP contribution in [0.5, 0.6) is 0 Å². The second-order valence-electron chi connectivity index (χ2n) is 4.75. The fourth-order valence-electron chi connectivity index (χ4n) is 2.31. The number of benzene rings is 1. The summed E-state index contributed by atoms with van der Waals surface area (Å²) in [6.07, 6.45) is -0.237. The average molecular weight is 384 g/mol. The van der Waals surface area contributed by atoms with Crippen LogP contribution in [0.25, 0.3) is 0 Å². The van der Waals surface area contributed by atoms with Gasteiger partial charge in [-0.3, -0.25) is 19.5 Å². The van der Waals surface area contributed by atoms with E-state index in [0.717, 1.165) is 4.90 Å². The first-order valence-electron chi connectivity index (χ1n) is 6.39. The molecule has 2 amide bonds. The first kappa shape index (κ1) is 15.1. The van der Waals surface area contributed by atoms with Gasteiger partial charge in [-0.15, -0.1) is 0 Å². The van der Waals surface area contributed by atoms with Crippen molar-refractivity contribution >= 4 is 39.3 Å². The molecule has 1 aromatic heterocycles. The van der Waals surface area contributed by atoms with Gasteiger partial charge in [-0.1, -0.05) is 23.7 Å². The van der Waals surface area contributed by atoms with Gasteiger partial charge in [0.2, 0.25) is 0 Å². The zero-order chi connectivity index (χ0) is 15.9. The Morgan fingerprint density at radius 1 is 1.23 bits per heavy atom. The van der Waals surface area contributed by atoms with Crippen molar-refractivity contribution in [2.75, 3.05) is 6.54 Å². The van der Waals surface area contributed by atoms with Crippen molar-refractivity contribution in [2.45, 2.75) is 6.17 Å². The van der Waals surface area contributed by atoms with Crippen molar-refractivity contribution < 1.29 is 14.0 Å². The molecule has 0 radical (unpaired) electrons. The van der Waals surface area contributed by atoms with Gasteiger partial charge in [-0.05, 0) is 34.1 Å². The number of amides is 2. The van der Waals surface area contributed by atoms with E-state index in [4.69, 9.17) is 11.6 Å². The molecule has 1 unspecified atom stereocenters. The molecule has 0 aliphatic carbocycles. The molecule has 3 rings (SSSR count). The lowest BCUT2D eigenvalue weighted by atomic mass is 10.1. The van der Waals surface area contributed by atoms with E-state index in [0.29, 0.717) is 4.47 Å². The van der Waals surface area contributed by atoms with E-state index >= 15 is 0 Å². The summed E-state index contributed by atoms with van der Waals surface area (Å²) < 4.78 is 15.1. The highest BCUT2D eigenvalue weighted by Gasteiger charge is 2.37. The maximum Gasteiger partial charge on any atom is 0.261 e. The molecule has 0 N–H and O–H groups in total. The Kier molecular flexibility index (Phi) is 3.97. The van der Waals surface area contributed by atoms with Crippen molar-refractivity contribution in [2.24, 2.45) is 0 Å². The minimum Gasteiger partial charge on any atom is -0.271 e. The average Bonchev–Trinajstić information content (AvgIpc) is 2.73. The van der Waals surface area contributed by atoms with Gasteiger partial charge in [0.15, 0.2) is 6.17 Å². The monoisotopic (exact) mass is 382 g/mol. The molecule has 2 aromatic rings. The van der Waals surface area contributed by atoms with Crippen molar-refractivity contribution in [1.29, 1.82) is 0 Å². The lowest BCUT2D eigenvalue weighted by molar-refractivity contribution is 0.0610. The molecule has 1 aliphatic heterocycles. The number of carbonyl (C=O) groups excluding carboxylic acids is 2. The normalized spacial score (nSPS) is 15.1. The Hall–Kier alpha value is -1.79. The molecule has 4 nitrogen and oxygen atoms in total. The van der Waals surface area contributed by atoms with Crippen LogP contribution in [0.1, 0.15) is 32.6 Å². The molecule has 1 aliphatic rings. The van der Waals surface area contributed by atoms with Crippen molar-refractivity contribution in [3.8, 4) is 0 Å². The molecule has 0 saturated heterocycles. The predicted octanol–water partition coefficient (Wildman–Crippen LogP) is 3.80. The van der Waals surface area contributed by atoms with Crippen LogP contribution in [0.4, 0.5) is 4.39 Å². The van der Waals surface area contributed by atoms with E-state index in [9.17, 15) is 14.0 Å². The summed E-state index contributed by atoms with van der Waals surface area (Å²) in [5, 5.41) is 0.137. The highest BCUT2D eigenvalue weighted by atomic mass is 79.9. The maximum atomic E-state index is 14.4. The summed E-state index contributed by atoms with van der Waals surface area (Å²) in [6.45, 7) is -0.416. The molecule has 1 aromatic carbocycles. The number of halogens is 3. The number of carbonyl (C=O) groups is 2. The van der Waals surface area contributed by atoms with Crippen LogP contribution < -0.4 is 0 Å². The minimum absolute atomic E-state index is 0.00132. The number of fused-ring (bicyclic) bond motifs is 1. The summed E-state index contributed by atoms with van der Waals surface area (Å²) in [5.74, 6) is -1.01. The van der Waals surface area contributed by atoms with Crippen LogP contribution in [-0.2, 0) is 0 Å². The van der Waals surface area contributed by atoms with Gasteiger partial charge in [0.25, 0.3) is 11.8 Å². The number of pyridine rings is 1. The Morgan fingerprint density at radius 3 is 2.36 bits per heavy atom. The minimum atomic E-state index is -1.65. The second kappa shape index (κ2) is 5.78. The zero-order valence-corrected chi connectivity index (χ0v) is 13.4. The Bertz CT molecular complexity index is 749. The summed E-state index contributed by atoms with van der Waals surface area (Å²) in [5.41, 5.74) is 0.575. The number of rotatable bonds is 3. The molecule has 0 spiro atoms. The van der Waals surface area contributed by atoms with Crippen molar-refractivity contribution in [3.05, 3.63) is 62.8 Å². The van der Waals surface area contributed by atoms with Crippen LogP contribution in [0.15, 0.2) is 41.0 Å². The van der Waals surface area contributed by atoms with Gasteiger partial charge >= 0.3 is 0 Å². The molecular weight excluding hydrogens is 375 g/mol. The third-order valence-corrected chi connectivity index (χ3v) is 4.09. The third-order valence-electron chi connectivity index (χ3n) is 3.35. The topological polar surface area (TPSA) is 50.3 Å². The largest absolute Gasteiger partial charge is 0.271 e. The van der Waals surface area contributed by atoms with Crippen LogP contribution >= 0.6 is 27.5 Å². The first-order chi connectivity index (χ1) is 10.5. The number of nitrogens with zero attached hydrogens (tertiary/aromatic N) is 2. The summed E-state index contributed by atoms with van der Waals surface area (Å²) in [7, 11) is 0. The van der Waals surface area contributed by atoms with E-state index in [1.165, 1.54) is 12.3 Å². The van der Waals surface area contributed by atoms with Crippen LogP contribution in [0.3, 0.4) is 0 Å². The fraction of sp³-hybridized carbons (Fsp3) is 0.133. The molecule has 7 heteroatoms. The number of alkyl halides is 1. The molecule has 0 fully saturated rings. The number of imide groups is 1. The van der Waals surface area contributed by atoms with Crippen LogP contribution in [0.2, 0.25) is 5.02 Å².